The molecule has 0 saturated carbocycles. The van der Waals surface area contributed by atoms with Gasteiger partial charge in [0.25, 0.3) is 0 Å². The molecule has 7 nitrogen and oxygen atoms in total. The first-order chi connectivity index (χ1) is 5.54. The maximum absolute atomic E-state index is 9.04. The van der Waals surface area contributed by atoms with Crippen molar-refractivity contribution in [3.8, 4) is 0 Å². The van der Waals surface area contributed by atoms with Gasteiger partial charge in [0, 0.05) is 6.54 Å². The van der Waals surface area contributed by atoms with Crippen LogP contribution in [0.3, 0.4) is 0 Å². The summed E-state index contributed by atoms with van der Waals surface area (Å²) in [4.78, 5) is 0. The molecule has 13 heavy (non-hydrogen) atoms. The molecule has 0 saturated heterocycles. The van der Waals surface area contributed by atoms with Gasteiger partial charge in [-0.2, -0.15) is 0 Å². The molecule has 0 aliphatic heterocycles. The molecule has 0 bridgehead atoms. The van der Waals surface area contributed by atoms with Crippen LogP contribution < -0.4 is 11.9 Å². The molecule has 0 aromatic rings. The number of aliphatic hydroxyl groups excluding tert-OH is 5. The summed E-state index contributed by atoms with van der Waals surface area (Å²) in [6.45, 7) is -0.911. The summed E-state index contributed by atoms with van der Waals surface area (Å²) in [7, 11) is 0. The van der Waals surface area contributed by atoms with E-state index in [-0.39, 0.29) is 12.7 Å². The summed E-state index contributed by atoms with van der Waals surface area (Å²) in [6, 6.07) is 0. The van der Waals surface area contributed by atoms with Gasteiger partial charge in [-0.15, -0.1) is 0 Å². The Morgan fingerprint density at radius 1 is 0.923 bits per heavy atom. The second-order valence-corrected chi connectivity index (χ2v) is 2.53. The number of aliphatic hydroxyl groups is 5. The van der Waals surface area contributed by atoms with Crippen molar-refractivity contribution in [2.24, 2.45) is 5.73 Å². The average Bonchev–Trinajstić information content (AvgIpc) is 2.12. The normalized spacial score (nSPS) is 19.8. The summed E-state index contributed by atoms with van der Waals surface area (Å²) in [5, 5.41) is 44.2. The second-order valence-electron chi connectivity index (χ2n) is 2.53. The van der Waals surface area contributed by atoms with Crippen molar-refractivity contribution >= 4 is 0 Å². The molecule has 0 aromatic heterocycles. The van der Waals surface area contributed by atoms with Gasteiger partial charge < -0.3 is 37.4 Å². The predicted octanol–water partition coefficient (Wildman–Crippen LogP) is -3.46. The third kappa shape index (κ3) is 4.48. The third-order valence-electron chi connectivity index (χ3n) is 1.57. The molecule has 0 heterocycles. The standard InChI is InChI=1S/C6H15NO5.H3N/c7-1-3(9)5(11)6(12)4(10)2-8;/h3-6,8-12H,1-2,7H2;1H3/t3-,4+,5+,6+;/m0./s1. The third-order valence-corrected chi connectivity index (χ3v) is 1.57. The van der Waals surface area contributed by atoms with E-state index in [4.69, 9.17) is 31.3 Å². The highest BCUT2D eigenvalue weighted by Crippen LogP contribution is 2.03. The van der Waals surface area contributed by atoms with Crippen molar-refractivity contribution in [1.29, 1.82) is 0 Å². The summed E-state index contributed by atoms with van der Waals surface area (Å²) in [5.74, 6) is 0. The van der Waals surface area contributed by atoms with Crippen LogP contribution in [0.25, 0.3) is 0 Å². The van der Waals surface area contributed by atoms with Crippen molar-refractivity contribution in [2.45, 2.75) is 24.4 Å². The first-order valence-corrected chi connectivity index (χ1v) is 3.57. The quantitative estimate of drug-likeness (QED) is 0.241. The van der Waals surface area contributed by atoms with Crippen LogP contribution in [-0.2, 0) is 0 Å². The van der Waals surface area contributed by atoms with E-state index in [2.05, 4.69) is 0 Å². The predicted molar refractivity (Wildman–Crippen MR) is 45.2 cm³/mol. The van der Waals surface area contributed by atoms with Gasteiger partial charge in [-0.05, 0) is 0 Å². The van der Waals surface area contributed by atoms with Crippen LogP contribution >= 0.6 is 0 Å². The fourth-order valence-electron chi connectivity index (χ4n) is 0.703. The molecule has 4 atom stereocenters. The highest BCUT2D eigenvalue weighted by atomic mass is 16.4. The minimum atomic E-state index is -1.59. The van der Waals surface area contributed by atoms with Crippen molar-refractivity contribution in [3.05, 3.63) is 0 Å². The molecule has 0 spiro atoms. The fourth-order valence-corrected chi connectivity index (χ4v) is 0.703. The van der Waals surface area contributed by atoms with Gasteiger partial charge in [-0.25, -0.2) is 0 Å². The molecule has 82 valence electrons. The number of hydrogen-bond acceptors (Lipinski definition) is 7. The second kappa shape index (κ2) is 7.15. The van der Waals surface area contributed by atoms with Crippen LogP contribution in [0.1, 0.15) is 0 Å². The van der Waals surface area contributed by atoms with Crippen LogP contribution in [0, 0.1) is 0 Å². The largest absolute Gasteiger partial charge is 0.394 e. The molecule has 7 heteroatoms. The Hall–Kier alpha value is -0.280. The van der Waals surface area contributed by atoms with E-state index >= 15 is 0 Å². The number of hydrogen-bond donors (Lipinski definition) is 7. The van der Waals surface area contributed by atoms with Gasteiger partial charge in [0.05, 0.1) is 12.7 Å². The van der Waals surface area contributed by atoms with E-state index in [1.165, 1.54) is 0 Å². The lowest BCUT2D eigenvalue weighted by Gasteiger charge is -2.24. The highest BCUT2D eigenvalue weighted by Gasteiger charge is 2.28. The first kappa shape index (κ1) is 15.2. The van der Waals surface area contributed by atoms with Crippen molar-refractivity contribution in [2.75, 3.05) is 13.2 Å². The molecular formula is C6H18N2O5. The molecule has 0 fully saturated rings. The van der Waals surface area contributed by atoms with Crippen LogP contribution in [0.4, 0.5) is 0 Å². The Morgan fingerprint density at radius 2 is 1.31 bits per heavy atom. The Bertz CT molecular complexity index is 112. The van der Waals surface area contributed by atoms with Crippen molar-refractivity contribution in [1.82, 2.24) is 6.15 Å². The molecule has 0 aliphatic rings. The van der Waals surface area contributed by atoms with E-state index in [1.807, 2.05) is 0 Å². The molecule has 0 aromatic carbocycles. The van der Waals surface area contributed by atoms with Gasteiger partial charge in [0.1, 0.15) is 18.3 Å². The number of nitrogens with two attached hydrogens (primary N) is 1. The van der Waals surface area contributed by atoms with E-state index < -0.39 is 31.0 Å². The molecule has 0 rings (SSSR count). The van der Waals surface area contributed by atoms with Crippen molar-refractivity contribution < 1.29 is 25.5 Å². The highest BCUT2D eigenvalue weighted by molar-refractivity contribution is 4.80. The lowest BCUT2D eigenvalue weighted by atomic mass is 10.0. The van der Waals surface area contributed by atoms with Gasteiger partial charge in [-0.3, -0.25) is 0 Å². The molecule has 0 unspecified atom stereocenters. The van der Waals surface area contributed by atoms with Gasteiger partial charge in [-0.1, -0.05) is 0 Å². The van der Waals surface area contributed by atoms with Gasteiger partial charge in [0.15, 0.2) is 0 Å². The van der Waals surface area contributed by atoms with Gasteiger partial charge >= 0.3 is 0 Å². The molecule has 10 N–H and O–H groups in total. The zero-order valence-electron chi connectivity index (χ0n) is 7.24. The monoisotopic (exact) mass is 198 g/mol. The Kier molecular flexibility index (Phi) is 8.37. The maximum atomic E-state index is 9.04. The summed E-state index contributed by atoms with van der Waals surface area (Å²) < 4.78 is 0. The van der Waals surface area contributed by atoms with Crippen LogP contribution in [0.5, 0.6) is 0 Å². The Balaban J connectivity index is 0. The summed E-state index contributed by atoms with van der Waals surface area (Å²) >= 11 is 0. The maximum Gasteiger partial charge on any atom is 0.111 e. The molecule has 0 amide bonds. The zero-order chi connectivity index (χ0) is 9.72. The number of rotatable bonds is 5. The Morgan fingerprint density at radius 3 is 1.62 bits per heavy atom. The molecule has 0 aliphatic carbocycles. The Labute approximate surface area is 76.0 Å². The summed E-state index contributed by atoms with van der Waals surface area (Å²) in [6.07, 6.45) is -5.91. The molecular weight excluding hydrogens is 180 g/mol. The van der Waals surface area contributed by atoms with Gasteiger partial charge in [0.2, 0.25) is 0 Å². The zero-order valence-corrected chi connectivity index (χ0v) is 7.24. The van der Waals surface area contributed by atoms with E-state index in [0.717, 1.165) is 0 Å². The topological polar surface area (TPSA) is 162 Å². The lowest BCUT2D eigenvalue weighted by molar-refractivity contribution is -0.112. The van der Waals surface area contributed by atoms with Crippen molar-refractivity contribution in [3.63, 3.8) is 0 Å². The molecule has 0 radical (unpaired) electrons. The van der Waals surface area contributed by atoms with Crippen LogP contribution in [-0.4, -0.2) is 63.1 Å². The minimum Gasteiger partial charge on any atom is -0.394 e. The van der Waals surface area contributed by atoms with Crippen LogP contribution in [0.2, 0.25) is 0 Å². The lowest BCUT2D eigenvalue weighted by Crippen LogP contribution is -2.48. The van der Waals surface area contributed by atoms with Crippen LogP contribution in [0.15, 0.2) is 0 Å². The fraction of sp³-hybridized carbons (Fsp3) is 1.00. The van der Waals surface area contributed by atoms with E-state index in [0.29, 0.717) is 0 Å². The minimum absolute atomic E-state index is 0. The van der Waals surface area contributed by atoms with E-state index in [1.54, 1.807) is 0 Å². The summed E-state index contributed by atoms with van der Waals surface area (Å²) in [5.41, 5.74) is 4.99. The van der Waals surface area contributed by atoms with E-state index in [9.17, 15) is 0 Å². The SMILES string of the molecule is N.NC[C@H](O)[C@@H](O)[C@H](O)[C@H](O)CO. The smallest absolute Gasteiger partial charge is 0.111 e. The average molecular weight is 198 g/mol. The first-order valence-electron chi connectivity index (χ1n) is 3.57.